The van der Waals surface area contributed by atoms with Crippen molar-refractivity contribution < 1.29 is 14.3 Å². The number of ether oxygens (including phenoxy) is 1. The van der Waals surface area contributed by atoms with Crippen molar-refractivity contribution in [3.05, 3.63) is 17.2 Å². The zero-order valence-electron chi connectivity index (χ0n) is 11.6. The molecular weight excluding hydrogens is 294 g/mol. The zero-order valence-corrected chi connectivity index (χ0v) is 12.3. The molecule has 6 nitrogen and oxygen atoms in total. The molecule has 1 aromatic carbocycles. The maximum Gasteiger partial charge on any atom is 0.262 e. The number of hydrogen-bond acceptors (Lipinski definition) is 4. The third-order valence-corrected chi connectivity index (χ3v) is 4.13. The largest absolute Gasteiger partial charge is 0.482 e. The Morgan fingerprint density at radius 2 is 2.29 bits per heavy atom. The van der Waals surface area contributed by atoms with Gasteiger partial charge in [0.2, 0.25) is 5.91 Å². The second kappa shape index (κ2) is 5.20. The lowest BCUT2D eigenvalue weighted by Crippen LogP contribution is -2.48. The highest BCUT2D eigenvalue weighted by atomic mass is 35.5. The number of carbonyl (C=O) groups is 2. The molecule has 112 valence electrons. The van der Waals surface area contributed by atoms with Crippen LogP contribution in [0.5, 0.6) is 5.75 Å². The fraction of sp³-hybridized carbons (Fsp3) is 0.429. The van der Waals surface area contributed by atoms with Crippen molar-refractivity contribution in [2.75, 3.05) is 23.8 Å². The van der Waals surface area contributed by atoms with E-state index < -0.39 is 5.54 Å². The first-order valence-electron chi connectivity index (χ1n) is 6.81. The average molecular weight is 310 g/mol. The molecule has 2 amide bonds. The number of hydrogen-bond donors (Lipinski definition) is 3. The van der Waals surface area contributed by atoms with Gasteiger partial charge in [0.05, 0.1) is 21.9 Å². The summed E-state index contributed by atoms with van der Waals surface area (Å²) in [4.78, 5) is 23.6. The van der Waals surface area contributed by atoms with Crippen LogP contribution in [0.1, 0.15) is 19.8 Å². The number of amides is 2. The van der Waals surface area contributed by atoms with Gasteiger partial charge < -0.3 is 20.7 Å². The zero-order chi connectivity index (χ0) is 15.0. The number of anilines is 2. The van der Waals surface area contributed by atoms with E-state index in [0.717, 1.165) is 19.4 Å². The summed E-state index contributed by atoms with van der Waals surface area (Å²) in [5, 5.41) is 9.05. The Morgan fingerprint density at radius 3 is 3.00 bits per heavy atom. The molecule has 3 N–H and O–H groups in total. The van der Waals surface area contributed by atoms with E-state index in [-0.39, 0.29) is 18.4 Å². The van der Waals surface area contributed by atoms with Gasteiger partial charge in [-0.15, -0.1) is 0 Å². The number of fused-ring (bicyclic) bond motifs is 1. The van der Waals surface area contributed by atoms with E-state index in [4.69, 9.17) is 16.3 Å². The first-order chi connectivity index (χ1) is 9.98. The van der Waals surface area contributed by atoms with Gasteiger partial charge in [-0.2, -0.15) is 0 Å². The minimum Gasteiger partial charge on any atom is -0.482 e. The third kappa shape index (κ3) is 2.69. The SMILES string of the molecule is CC1(C(=O)Nc2cc3c(cc2Cl)NC(=O)CO3)CCCN1. The molecule has 0 bridgehead atoms. The van der Waals surface area contributed by atoms with Gasteiger partial charge in [-0.3, -0.25) is 9.59 Å². The van der Waals surface area contributed by atoms with E-state index >= 15 is 0 Å². The van der Waals surface area contributed by atoms with E-state index in [2.05, 4.69) is 16.0 Å². The minimum atomic E-state index is -0.575. The quantitative estimate of drug-likeness (QED) is 0.777. The van der Waals surface area contributed by atoms with Crippen LogP contribution < -0.4 is 20.7 Å². The number of nitrogens with one attached hydrogen (secondary N) is 3. The molecule has 3 rings (SSSR count). The van der Waals surface area contributed by atoms with Crippen molar-refractivity contribution in [3.8, 4) is 5.75 Å². The van der Waals surface area contributed by atoms with E-state index in [0.29, 0.717) is 22.1 Å². The molecule has 2 aliphatic heterocycles. The van der Waals surface area contributed by atoms with Crippen LogP contribution in [-0.2, 0) is 9.59 Å². The summed E-state index contributed by atoms with van der Waals surface area (Å²) in [6.07, 6.45) is 1.75. The molecule has 1 fully saturated rings. The van der Waals surface area contributed by atoms with Crippen molar-refractivity contribution in [1.82, 2.24) is 5.32 Å². The van der Waals surface area contributed by atoms with Crippen LogP contribution in [0, 0.1) is 0 Å². The highest BCUT2D eigenvalue weighted by Crippen LogP contribution is 2.36. The van der Waals surface area contributed by atoms with Crippen molar-refractivity contribution >= 4 is 34.8 Å². The Bertz CT molecular complexity index is 612. The summed E-state index contributed by atoms with van der Waals surface area (Å²) in [7, 11) is 0. The Morgan fingerprint density at radius 1 is 1.48 bits per heavy atom. The summed E-state index contributed by atoms with van der Waals surface area (Å²) < 4.78 is 5.33. The molecule has 2 heterocycles. The van der Waals surface area contributed by atoms with Gasteiger partial charge in [-0.05, 0) is 32.4 Å². The molecular formula is C14H16ClN3O3. The molecule has 0 aromatic heterocycles. The summed E-state index contributed by atoms with van der Waals surface area (Å²) >= 11 is 6.16. The highest BCUT2D eigenvalue weighted by molar-refractivity contribution is 6.34. The predicted octanol–water partition coefficient (Wildman–Crippen LogP) is 1.75. The summed E-state index contributed by atoms with van der Waals surface area (Å²) in [5.74, 6) is 0.151. The lowest BCUT2D eigenvalue weighted by Gasteiger charge is -2.24. The van der Waals surface area contributed by atoms with Gasteiger partial charge >= 0.3 is 0 Å². The molecule has 1 unspecified atom stereocenters. The van der Waals surface area contributed by atoms with Gasteiger partial charge in [0.15, 0.2) is 6.61 Å². The normalized spacial score (nSPS) is 24.0. The van der Waals surface area contributed by atoms with Gasteiger partial charge in [0.25, 0.3) is 5.91 Å². The van der Waals surface area contributed by atoms with Crippen LogP contribution in [0.25, 0.3) is 0 Å². The average Bonchev–Trinajstić information content (AvgIpc) is 2.88. The number of carbonyl (C=O) groups excluding carboxylic acids is 2. The fourth-order valence-electron chi connectivity index (χ4n) is 2.54. The fourth-order valence-corrected chi connectivity index (χ4v) is 2.76. The molecule has 0 aliphatic carbocycles. The monoisotopic (exact) mass is 309 g/mol. The summed E-state index contributed by atoms with van der Waals surface area (Å²) in [6, 6.07) is 3.21. The molecule has 0 radical (unpaired) electrons. The Hall–Kier alpha value is -1.79. The smallest absolute Gasteiger partial charge is 0.262 e. The van der Waals surface area contributed by atoms with Crippen molar-refractivity contribution in [2.45, 2.75) is 25.3 Å². The maximum absolute atomic E-state index is 12.4. The summed E-state index contributed by atoms with van der Waals surface area (Å²) in [5.41, 5.74) is 0.417. The highest BCUT2D eigenvalue weighted by Gasteiger charge is 2.36. The third-order valence-electron chi connectivity index (χ3n) is 3.82. The number of benzene rings is 1. The molecule has 1 atom stereocenters. The second-order valence-electron chi connectivity index (χ2n) is 5.48. The van der Waals surface area contributed by atoms with Crippen LogP contribution in [0.2, 0.25) is 5.02 Å². The predicted molar refractivity (Wildman–Crippen MR) is 79.8 cm³/mol. The van der Waals surface area contributed by atoms with Crippen LogP contribution in [0.15, 0.2) is 12.1 Å². The first-order valence-corrected chi connectivity index (χ1v) is 7.18. The Labute approximate surface area is 127 Å². The first kappa shape index (κ1) is 14.2. The Kier molecular flexibility index (Phi) is 3.51. The standard InChI is InChI=1S/C14H16ClN3O3/c1-14(3-2-4-16-14)13(20)18-9-6-11-10(5-8(9)15)17-12(19)7-21-11/h5-6,16H,2-4,7H2,1H3,(H,17,19)(H,18,20). The molecule has 1 saturated heterocycles. The molecule has 0 spiro atoms. The van der Waals surface area contributed by atoms with Gasteiger partial charge in [0, 0.05) is 6.07 Å². The van der Waals surface area contributed by atoms with E-state index in [1.807, 2.05) is 6.92 Å². The van der Waals surface area contributed by atoms with Gasteiger partial charge in [0.1, 0.15) is 5.75 Å². The minimum absolute atomic E-state index is 0.0404. The molecule has 7 heteroatoms. The van der Waals surface area contributed by atoms with Gasteiger partial charge in [-0.1, -0.05) is 11.6 Å². The van der Waals surface area contributed by atoms with Crippen molar-refractivity contribution in [3.63, 3.8) is 0 Å². The molecule has 21 heavy (non-hydrogen) atoms. The second-order valence-corrected chi connectivity index (χ2v) is 5.89. The van der Waals surface area contributed by atoms with E-state index in [1.165, 1.54) is 0 Å². The maximum atomic E-state index is 12.4. The lowest BCUT2D eigenvalue weighted by atomic mass is 9.99. The van der Waals surface area contributed by atoms with Crippen LogP contribution in [-0.4, -0.2) is 30.5 Å². The number of halogens is 1. The van der Waals surface area contributed by atoms with E-state index in [1.54, 1.807) is 12.1 Å². The van der Waals surface area contributed by atoms with Crippen molar-refractivity contribution in [2.24, 2.45) is 0 Å². The number of rotatable bonds is 2. The van der Waals surface area contributed by atoms with Gasteiger partial charge in [-0.25, -0.2) is 0 Å². The molecule has 2 aliphatic rings. The molecule has 0 saturated carbocycles. The molecule has 1 aromatic rings. The summed E-state index contributed by atoms with van der Waals surface area (Å²) in [6.45, 7) is 2.66. The van der Waals surface area contributed by atoms with Crippen LogP contribution in [0.4, 0.5) is 11.4 Å². The van der Waals surface area contributed by atoms with Crippen LogP contribution >= 0.6 is 11.6 Å². The van der Waals surface area contributed by atoms with Crippen molar-refractivity contribution in [1.29, 1.82) is 0 Å². The topological polar surface area (TPSA) is 79.5 Å². The van der Waals surface area contributed by atoms with E-state index in [9.17, 15) is 9.59 Å². The lowest BCUT2D eigenvalue weighted by molar-refractivity contribution is -0.121. The Balaban J connectivity index is 1.83. The van der Waals surface area contributed by atoms with Crippen LogP contribution in [0.3, 0.4) is 0 Å².